The van der Waals surface area contributed by atoms with E-state index in [1.54, 1.807) is 18.0 Å². The molecule has 2 rings (SSSR count). The number of thioether (sulfide) groups is 1. The van der Waals surface area contributed by atoms with Crippen LogP contribution in [0.3, 0.4) is 0 Å². The second-order valence-electron chi connectivity index (χ2n) is 3.67. The van der Waals surface area contributed by atoms with E-state index in [2.05, 4.69) is 22.9 Å². The fourth-order valence-electron chi connectivity index (χ4n) is 1.41. The van der Waals surface area contributed by atoms with E-state index in [0.717, 1.165) is 22.1 Å². The summed E-state index contributed by atoms with van der Waals surface area (Å²) in [6.07, 6.45) is 3.67. The van der Waals surface area contributed by atoms with Crippen molar-refractivity contribution in [3.63, 3.8) is 0 Å². The van der Waals surface area contributed by atoms with Gasteiger partial charge in [-0.25, -0.2) is 0 Å². The van der Waals surface area contributed by atoms with Crippen molar-refractivity contribution in [3.8, 4) is 11.8 Å². The van der Waals surface area contributed by atoms with Gasteiger partial charge in [-0.15, -0.1) is 11.8 Å². The smallest absolute Gasteiger partial charge is 0.0554 e. The number of benzene rings is 1. The van der Waals surface area contributed by atoms with Crippen LogP contribution >= 0.6 is 23.4 Å². The Labute approximate surface area is 117 Å². The normalized spacial score (nSPS) is 9.61. The van der Waals surface area contributed by atoms with Gasteiger partial charge in [-0.1, -0.05) is 35.6 Å². The molecule has 0 spiro atoms. The van der Waals surface area contributed by atoms with Crippen LogP contribution in [0.15, 0.2) is 48.8 Å². The standard InChI is InChI=1S/C15H12ClNS/c16-15-7-1-4-13(10-15)6-3-9-18-12-14-5-2-8-17-11-14/h1-2,4-5,7-8,10-11H,9,12H2. The molecule has 90 valence electrons. The number of rotatable bonds is 3. The molecule has 0 amide bonds. The first-order valence-corrected chi connectivity index (χ1v) is 7.09. The molecule has 0 saturated heterocycles. The number of pyridine rings is 1. The van der Waals surface area contributed by atoms with Crippen LogP contribution in [0.25, 0.3) is 0 Å². The van der Waals surface area contributed by atoms with Crippen molar-refractivity contribution in [2.45, 2.75) is 5.75 Å². The summed E-state index contributed by atoms with van der Waals surface area (Å²) in [4.78, 5) is 4.08. The first kappa shape index (κ1) is 13.0. The molecule has 0 atom stereocenters. The summed E-state index contributed by atoms with van der Waals surface area (Å²) in [5.41, 5.74) is 2.19. The van der Waals surface area contributed by atoms with E-state index in [4.69, 9.17) is 11.6 Å². The first-order valence-electron chi connectivity index (χ1n) is 5.56. The summed E-state index contributed by atoms with van der Waals surface area (Å²) in [6, 6.07) is 11.6. The lowest BCUT2D eigenvalue weighted by Gasteiger charge is -1.96. The third-order valence-electron chi connectivity index (χ3n) is 2.22. The molecule has 0 unspecified atom stereocenters. The summed E-state index contributed by atoms with van der Waals surface area (Å²) in [5, 5.41) is 0.727. The van der Waals surface area contributed by atoms with Crippen molar-refractivity contribution in [2.24, 2.45) is 0 Å². The van der Waals surface area contributed by atoms with Crippen LogP contribution in [-0.4, -0.2) is 10.7 Å². The molecule has 0 N–H and O–H groups in total. The zero-order chi connectivity index (χ0) is 12.6. The molecule has 0 aliphatic rings. The minimum Gasteiger partial charge on any atom is -0.264 e. The van der Waals surface area contributed by atoms with Crippen molar-refractivity contribution < 1.29 is 0 Å². The molecule has 0 aliphatic heterocycles. The molecular formula is C15H12ClNS. The third-order valence-corrected chi connectivity index (χ3v) is 3.34. The highest BCUT2D eigenvalue weighted by Gasteiger charge is 1.91. The summed E-state index contributed by atoms with van der Waals surface area (Å²) >= 11 is 7.67. The molecule has 18 heavy (non-hydrogen) atoms. The number of nitrogens with zero attached hydrogens (tertiary/aromatic N) is 1. The first-order chi connectivity index (χ1) is 8.84. The number of hydrogen-bond donors (Lipinski definition) is 0. The molecule has 1 aromatic carbocycles. The maximum Gasteiger partial charge on any atom is 0.0554 e. The van der Waals surface area contributed by atoms with E-state index < -0.39 is 0 Å². The van der Waals surface area contributed by atoms with Gasteiger partial charge in [-0.05, 0) is 29.8 Å². The van der Waals surface area contributed by atoms with Gasteiger partial charge in [0.2, 0.25) is 0 Å². The fourth-order valence-corrected chi connectivity index (χ4v) is 2.28. The third kappa shape index (κ3) is 4.44. The predicted molar refractivity (Wildman–Crippen MR) is 78.7 cm³/mol. The molecular weight excluding hydrogens is 262 g/mol. The van der Waals surface area contributed by atoms with Gasteiger partial charge >= 0.3 is 0 Å². The highest BCUT2D eigenvalue weighted by atomic mass is 35.5. The monoisotopic (exact) mass is 273 g/mol. The lowest BCUT2D eigenvalue weighted by molar-refractivity contribution is 1.25. The van der Waals surface area contributed by atoms with E-state index in [9.17, 15) is 0 Å². The van der Waals surface area contributed by atoms with Crippen LogP contribution in [0, 0.1) is 11.8 Å². The molecule has 3 heteroatoms. The maximum absolute atomic E-state index is 5.89. The summed E-state index contributed by atoms with van der Waals surface area (Å²) in [5.74, 6) is 7.98. The van der Waals surface area contributed by atoms with Gasteiger partial charge < -0.3 is 0 Å². The summed E-state index contributed by atoms with van der Waals surface area (Å²) in [6.45, 7) is 0. The van der Waals surface area contributed by atoms with Gasteiger partial charge in [0.05, 0.1) is 5.75 Å². The summed E-state index contributed by atoms with van der Waals surface area (Å²) in [7, 11) is 0. The van der Waals surface area contributed by atoms with Gasteiger partial charge in [-0.2, -0.15) is 0 Å². The van der Waals surface area contributed by atoms with E-state index >= 15 is 0 Å². The quantitative estimate of drug-likeness (QED) is 0.619. The second kappa shape index (κ2) is 7.10. The second-order valence-corrected chi connectivity index (χ2v) is 5.09. The molecule has 0 aliphatic carbocycles. The Morgan fingerprint density at radius 2 is 2.17 bits per heavy atom. The lowest BCUT2D eigenvalue weighted by Crippen LogP contribution is -1.82. The molecule has 2 aromatic rings. The Morgan fingerprint density at radius 3 is 2.94 bits per heavy atom. The highest BCUT2D eigenvalue weighted by molar-refractivity contribution is 7.98. The number of aromatic nitrogens is 1. The van der Waals surface area contributed by atoms with E-state index in [-0.39, 0.29) is 0 Å². The van der Waals surface area contributed by atoms with Crippen LogP contribution in [0.4, 0.5) is 0 Å². The highest BCUT2D eigenvalue weighted by Crippen LogP contribution is 2.11. The number of halogens is 1. The van der Waals surface area contributed by atoms with Crippen LogP contribution in [0.5, 0.6) is 0 Å². The Balaban J connectivity index is 1.79. The molecule has 0 bridgehead atoms. The maximum atomic E-state index is 5.89. The SMILES string of the molecule is Clc1cccc(C#CCSCc2cccnc2)c1. The molecule has 1 aromatic heterocycles. The van der Waals surface area contributed by atoms with Crippen molar-refractivity contribution >= 4 is 23.4 Å². The minimum absolute atomic E-state index is 0.727. The van der Waals surface area contributed by atoms with Crippen molar-refractivity contribution in [3.05, 3.63) is 64.9 Å². The molecule has 1 heterocycles. The number of hydrogen-bond acceptors (Lipinski definition) is 2. The lowest BCUT2D eigenvalue weighted by atomic mass is 10.2. The van der Waals surface area contributed by atoms with Crippen LogP contribution < -0.4 is 0 Å². The fraction of sp³-hybridized carbons (Fsp3) is 0.133. The average Bonchev–Trinajstić information content (AvgIpc) is 2.40. The molecule has 0 radical (unpaired) electrons. The van der Waals surface area contributed by atoms with Crippen molar-refractivity contribution in [1.82, 2.24) is 4.98 Å². The molecule has 0 fully saturated rings. The Kier molecular flexibility index (Phi) is 5.14. The van der Waals surface area contributed by atoms with E-state index in [1.165, 1.54) is 5.56 Å². The van der Waals surface area contributed by atoms with Crippen LogP contribution in [0.1, 0.15) is 11.1 Å². The predicted octanol–water partition coefficient (Wildman–Crippen LogP) is 4.02. The van der Waals surface area contributed by atoms with Crippen molar-refractivity contribution in [1.29, 1.82) is 0 Å². The Morgan fingerprint density at radius 1 is 1.22 bits per heavy atom. The Hall–Kier alpha value is -1.43. The Bertz CT molecular complexity index is 557. The van der Waals surface area contributed by atoms with Crippen LogP contribution in [-0.2, 0) is 5.75 Å². The average molecular weight is 274 g/mol. The zero-order valence-corrected chi connectivity index (χ0v) is 11.3. The van der Waals surface area contributed by atoms with Gasteiger partial charge in [0.1, 0.15) is 0 Å². The van der Waals surface area contributed by atoms with Gasteiger partial charge in [0.15, 0.2) is 0 Å². The van der Waals surface area contributed by atoms with Crippen LogP contribution in [0.2, 0.25) is 5.02 Å². The van der Waals surface area contributed by atoms with Gasteiger partial charge in [0.25, 0.3) is 0 Å². The van der Waals surface area contributed by atoms with E-state index in [1.807, 2.05) is 36.5 Å². The topological polar surface area (TPSA) is 12.9 Å². The largest absolute Gasteiger partial charge is 0.264 e. The zero-order valence-electron chi connectivity index (χ0n) is 9.77. The minimum atomic E-state index is 0.727. The molecule has 0 saturated carbocycles. The van der Waals surface area contributed by atoms with Crippen molar-refractivity contribution in [2.75, 3.05) is 5.75 Å². The molecule has 1 nitrogen and oxygen atoms in total. The van der Waals surface area contributed by atoms with Gasteiger partial charge in [-0.3, -0.25) is 4.98 Å². The van der Waals surface area contributed by atoms with E-state index in [0.29, 0.717) is 0 Å². The summed E-state index contributed by atoms with van der Waals surface area (Å²) < 4.78 is 0. The van der Waals surface area contributed by atoms with Gasteiger partial charge in [0, 0.05) is 28.7 Å².